The summed E-state index contributed by atoms with van der Waals surface area (Å²) in [6.45, 7) is 1.95. The van der Waals surface area contributed by atoms with Crippen LogP contribution in [0.5, 0.6) is 5.75 Å². The number of hydrogen-bond acceptors (Lipinski definition) is 4. The number of methoxy groups -OCH3 is 1. The Kier molecular flexibility index (Phi) is 4.35. The lowest BCUT2D eigenvalue weighted by Crippen LogP contribution is -2.40. The predicted molar refractivity (Wildman–Crippen MR) is 76.9 cm³/mol. The van der Waals surface area contributed by atoms with Gasteiger partial charge < -0.3 is 10.1 Å². The van der Waals surface area contributed by atoms with E-state index >= 15 is 0 Å². The summed E-state index contributed by atoms with van der Waals surface area (Å²) >= 11 is 0. The van der Waals surface area contributed by atoms with Crippen LogP contribution in [0.2, 0.25) is 0 Å². The number of nitrogens with zero attached hydrogens (tertiary/aromatic N) is 2. The molecule has 0 amide bonds. The Morgan fingerprint density at radius 3 is 2.58 bits per heavy atom. The number of rotatable bonds is 3. The fourth-order valence-electron chi connectivity index (χ4n) is 2.18. The number of nitrogens with one attached hydrogen (secondary N) is 1. The summed E-state index contributed by atoms with van der Waals surface area (Å²) in [4.78, 5) is 8.98. The topological polar surface area (TPSA) is 47.0 Å². The highest BCUT2D eigenvalue weighted by atomic mass is 35.5. The van der Waals surface area contributed by atoms with Crippen LogP contribution >= 0.6 is 12.4 Å². The van der Waals surface area contributed by atoms with Crippen molar-refractivity contribution >= 4 is 12.4 Å². The molecule has 2 aromatic rings. The molecule has 5 heteroatoms. The molecule has 1 fully saturated rings. The van der Waals surface area contributed by atoms with Gasteiger partial charge in [-0.2, -0.15) is 0 Å². The number of ether oxygens (including phenoxy) is 1. The molecule has 1 saturated heterocycles. The third-order valence-electron chi connectivity index (χ3n) is 3.26. The van der Waals surface area contributed by atoms with E-state index in [-0.39, 0.29) is 12.4 Å². The summed E-state index contributed by atoms with van der Waals surface area (Å²) in [6.07, 6.45) is 3.49. The van der Waals surface area contributed by atoms with E-state index in [1.54, 1.807) is 19.5 Å². The van der Waals surface area contributed by atoms with E-state index in [4.69, 9.17) is 4.74 Å². The van der Waals surface area contributed by atoms with E-state index in [2.05, 4.69) is 15.3 Å². The van der Waals surface area contributed by atoms with Crippen molar-refractivity contribution in [3.8, 4) is 17.0 Å². The SMILES string of the molecule is COc1ccccc1-c1nccnc1C1CNC1.Cl. The van der Waals surface area contributed by atoms with Gasteiger partial charge in [0.05, 0.1) is 18.5 Å². The monoisotopic (exact) mass is 277 g/mol. The molecule has 1 aliphatic rings. The first-order valence-corrected chi connectivity index (χ1v) is 6.05. The van der Waals surface area contributed by atoms with Crippen molar-refractivity contribution in [3.05, 3.63) is 42.4 Å². The first kappa shape index (κ1) is 13.8. The molecule has 0 unspecified atom stereocenters. The largest absolute Gasteiger partial charge is 0.496 e. The molecule has 1 aliphatic heterocycles. The predicted octanol–water partition coefficient (Wildman–Crippen LogP) is 2.26. The molecule has 0 bridgehead atoms. The van der Waals surface area contributed by atoms with Crippen LogP contribution in [0, 0.1) is 0 Å². The number of halogens is 1. The van der Waals surface area contributed by atoms with Crippen molar-refractivity contribution in [1.82, 2.24) is 15.3 Å². The average Bonchev–Trinajstić information content (AvgIpc) is 2.37. The molecule has 0 radical (unpaired) electrons. The Bertz CT molecular complexity index is 558. The zero-order chi connectivity index (χ0) is 12.4. The van der Waals surface area contributed by atoms with Crippen LogP contribution in [-0.4, -0.2) is 30.2 Å². The van der Waals surface area contributed by atoms with Crippen LogP contribution in [0.25, 0.3) is 11.3 Å². The summed E-state index contributed by atoms with van der Waals surface area (Å²) in [6, 6.07) is 7.93. The maximum atomic E-state index is 5.40. The van der Waals surface area contributed by atoms with E-state index in [1.165, 1.54) is 0 Å². The van der Waals surface area contributed by atoms with Gasteiger partial charge in [0.1, 0.15) is 5.75 Å². The average molecular weight is 278 g/mol. The van der Waals surface area contributed by atoms with Gasteiger partial charge in [0.15, 0.2) is 0 Å². The van der Waals surface area contributed by atoms with Gasteiger partial charge in [0.25, 0.3) is 0 Å². The van der Waals surface area contributed by atoms with E-state index in [0.717, 1.165) is 35.8 Å². The maximum absolute atomic E-state index is 5.40. The van der Waals surface area contributed by atoms with E-state index < -0.39 is 0 Å². The molecule has 0 saturated carbocycles. The molecule has 3 rings (SSSR count). The third kappa shape index (κ3) is 2.55. The van der Waals surface area contributed by atoms with Gasteiger partial charge in [0, 0.05) is 37.0 Å². The molecule has 0 spiro atoms. The first-order valence-electron chi connectivity index (χ1n) is 6.05. The normalized spacial score (nSPS) is 14.4. The number of para-hydroxylation sites is 1. The zero-order valence-electron chi connectivity index (χ0n) is 10.7. The Balaban J connectivity index is 0.00000133. The molecular formula is C14H16ClN3O. The third-order valence-corrected chi connectivity index (χ3v) is 3.26. The van der Waals surface area contributed by atoms with Crippen LogP contribution < -0.4 is 10.1 Å². The van der Waals surface area contributed by atoms with Crippen LogP contribution in [-0.2, 0) is 0 Å². The van der Waals surface area contributed by atoms with Gasteiger partial charge in [-0.05, 0) is 12.1 Å². The molecule has 1 N–H and O–H groups in total. The Labute approximate surface area is 118 Å². The van der Waals surface area contributed by atoms with Crippen molar-refractivity contribution in [1.29, 1.82) is 0 Å². The van der Waals surface area contributed by atoms with Crippen molar-refractivity contribution in [2.24, 2.45) is 0 Å². The van der Waals surface area contributed by atoms with Crippen LogP contribution in [0.15, 0.2) is 36.7 Å². The van der Waals surface area contributed by atoms with E-state index in [1.807, 2.05) is 24.3 Å². The Morgan fingerprint density at radius 2 is 1.89 bits per heavy atom. The lowest BCUT2D eigenvalue weighted by Gasteiger charge is -2.27. The number of hydrogen-bond donors (Lipinski definition) is 1. The zero-order valence-corrected chi connectivity index (χ0v) is 11.5. The lowest BCUT2D eigenvalue weighted by atomic mass is 9.94. The van der Waals surface area contributed by atoms with E-state index in [0.29, 0.717) is 5.92 Å². The minimum atomic E-state index is 0. The van der Waals surface area contributed by atoms with Gasteiger partial charge in [0.2, 0.25) is 0 Å². The second-order valence-electron chi connectivity index (χ2n) is 4.35. The fourth-order valence-corrected chi connectivity index (χ4v) is 2.18. The maximum Gasteiger partial charge on any atom is 0.128 e. The fraction of sp³-hybridized carbons (Fsp3) is 0.286. The molecule has 100 valence electrons. The van der Waals surface area contributed by atoms with Gasteiger partial charge in [-0.3, -0.25) is 9.97 Å². The highest BCUT2D eigenvalue weighted by Gasteiger charge is 2.25. The summed E-state index contributed by atoms with van der Waals surface area (Å²) in [5.41, 5.74) is 3.00. The second-order valence-corrected chi connectivity index (χ2v) is 4.35. The Morgan fingerprint density at radius 1 is 1.16 bits per heavy atom. The summed E-state index contributed by atoms with van der Waals surface area (Å²) in [5.74, 6) is 1.30. The molecule has 4 nitrogen and oxygen atoms in total. The number of aromatic nitrogens is 2. The van der Waals surface area contributed by atoms with Crippen molar-refractivity contribution in [2.45, 2.75) is 5.92 Å². The minimum Gasteiger partial charge on any atom is -0.496 e. The molecule has 2 heterocycles. The van der Waals surface area contributed by atoms with Crippen molar-refractivity contribution in [2.75, 3.05) is 20.2 Å². The van der Waals surface area contributed by atoms with Gasteiger partial charge >= 0.3 is 0 Å². The van der Waals surface area contributed by atoms with Crippen molar-refractivity contribution in [3.63, 3.8) is 0 Å². The summed E-state index contributed by atoms with van der Waals surface area (Å²) in [7, 11) is 1.68. The smallest absolute Gasteiger partial charge is 0.128 e. The quantitative estimate of drug-likeness (QED) is 0.935. The van der Waals surface area contributed by atoms with Gasteiger partial charge in [-0.15, -0.1) is 12.4 Å². The van der Waals surface area contributed by atoms with Crippen LogP contribution in [0.4, 0.5) is 0 Å². The molecule has 0 atom stereocenters. The summed E-state index contributed by atoms with van der Waals surface area (Å²) in [5, 5.41) is 3.27. The second kappa shape index (κ2) is 5.99. The lowest BCUT2D eigenvalue weighted by molar-refractivity contribution is 0.415. The standard InChI is InChI=1S/C14H15N3O.ClH/c1-18-12-5-3-2-4-11(12)14-13(10-8-15-9-10)16-6-7-17-14;/h2-7,10,15H,8-9H2,1H3;1H. The molecule has 0 aliphatic carbocycles. The minimum absolute atomic E-state index is 0. The Hall–Kier alpha value is -1.65. The van der Waals surface area contributed by atoms with Crippen LogP contribution in [0.3, 0.4) is 0 Å². The van der Waals surface area contributed by atoms with E-state index in [9.17, 15) is 0 Å². The van der Waals surface area contributed by atoms with Gasteiger partial charge in [-0.25, -0.2) is 0 Å². The highest BCUT2D eigenvalue weighted by molar-refractivity contribution is 5.85. The molecular weight excluding hydrogens is 262 g/mol. The molecule has 19 heavy (non-hydrogen) atoms. The van der Waals surface area contributed by atoms with Crippen molar-refractivity contribution < 1.29 is 4.74 Å². The summed E-state index contributed by atoms with van der Waals surface area (Å²) < 4.78 is 5.40. The molecule has 1 aromatic carbocycles. The van der Waals surface area contributed by atoms with Crippen LogP contribution in [0.1, 0.15) is 11.6 Å². The molecule has 1 aromatic heterocycles. The number of benzene rings is 1. The highest BCUT2D eigenvalue weighted by Crippen LogP contribution is 2.33. The van der Waals surface area contributed by atoms with Gasteiger partial charge in [-0.1, -0.05) is 12.1 Å². The first-order chi connectivity index (χ1) is 8.90.